The van der Waals surface area contributed by atoms with Gasteiger partial charge in [0.2, 0.25) is 0 Å². The van der Waals surface area contributed by atoms with Crippen molar-refractivity contribution in [1.29, 1.82) is 0 Å². The average Bonchev–Trinajstić information content (AvgIpc) is 2.68. The molecule has 1 aliphatic rings. The van der Waals surface area contributed by atoms with E-state index in [1.54, 1.807) is 6.20 Å². The molecule has 1 aromatic heterocycles. The van der Waals surface area contributed by atoms with Gasteiger partial charge in [-0.1, -0.05) is 19.1 Å². The topological polar surface area (TPSA) is 63.7 Å². The zero-order valence-electron chi connectivity index (χ0n) is 14.4. The smallest absolute Gasteiger partial charge is 0.262 e. The van der Waals surface area contributed by atoms with Gasteiger partial charge in [-0.15, -0.1) is 0 Å². The van der Waals surface area contributed by atoms with Crippen LogP contribution in [0.1, 0.15) is 12.5 Å². The normalized spacial score (nSPS) is 14.2. The summed E-state index contributed by atoms with van der Waals surface area (Å²) in [6.45, 7) is 5.16. The van der Waals surface area contributed by atoms with E-state index < -0.39 is 0 Å². The van der Waals surface area contributed by atoms with Crippen LogP contribution in [0.5, 0.6) is 5.75 Å². The van der Waals surface area contributed by atoms with Crippen molar-refractivity contribution in [2.75, 3.05) is 43.1 Å². The Morgan fingerprint density at radius 1 is 1.28 bits per heavy atom. The van der Waals surface area contributed by atoms with E-state index in [0.717, 1.165) is 38.5 Å². The van der Waals surface area contributed by atoms with Crippen LogP contribution in [0, 0.1) is 0 Å². The molecule has 0 bridgehead atoms. The number of ether oxygens (including phenoxy) is 2. The lowest BCUT2D eigenvalue weighted by Crippen LogP contribution is -2.36. The Balaban J connectivity index is 1.50. The van der Waals surface area contributed by atoms with Crippen LogP contribution in [0.3, 0.4) is 0 Å². The number of rotatable bonds is 6. The predicted molar refractivity (Wildman–Crippen MR) is 97.2 cm³/mol. The van der Waals surface area contributed by atoms with Gasteiger partial charge in [-0.05, 0) is 36.2 Å². The molecule has 6 heteroatoms. The summed E-state index contributed by atoms with van der Waals surface area (Å²) in [5, 5.41) is 2.80. The van der Waals surface area contributed by atoms with Crippen molar-refractivity contribution in [3.05, 3.63) is 48.2 Å². The standard InChI is InChI=1S/C19H23N3O3/c1-2-15-4-3-5-17(12-15)25-14-19(23)21-16-6-7-18(20-13-16)22-8-10-24-11-9-22/h3-7,12-13H,2,8-11,14H2,1H3,(H,21,23). The minimum absolute atomic E-state index is 0.0294. The molecule has 0 atom stereocenters. The van der Waals surface area contributed by atoms with Crippen LogP contribution in [0.4, 0.5) is 11.5 Å². The molecule has 2 aromatic rings. The lowest BCUT2D eigenvalue weighted by atomic mass is 10.2. The molecule has 0 spiro atoms. The number of morpholine rings is 1. The number of hydrogen-bond acceptors (Lipinski definition) is 5. The van der Waals surface area contributed by atoms with Crippen molar-refractivity contribution in [3.63, 3.8) is 0 Å². The van der Waals surface area contributed by atoms with Gasteiger partial charge >= 0.3 is 0 Å². The fourth-order valence-electron chi connectivity index (χ4n) is 2.64. The van der Waals surface area contributed by atoms with Gasteiger partial charge in [-0.2, -0.15) is 0 Å². The number of amides is 1. The first kappa shape index (κ1) is 17.2. The van der Waals surface area contributed by atoms with Gasteiger partial charge in [0.25, 0.3) is 5.91 Å². The van der Waals surface area contributed by atoms with Crippen molar-refractivity contribution in [2.24, 2.45) is 0 Å². The van der Waals surface area contributed by atoms with Gasteiger partial charge in [0.1, 0.15) is 11.6 Å². The molecule has 6 nitrogen and oxygen atoms in total. The fourth-order valence-corrected chi connectivity index (χ4v) is 2.64. The summed E-state index contributed by atoms with van der Waals surface area (Å²) in [5.74, 6) is 1.40. The monoisotopic (exact) mass is 341 g/mol. The lowest BCUT2D eigenvalue weighted by molar-refractivity contribution is -0.118. The first-order chi connectivity index (χ1) is 12.2. The van der Waals surface area contributed by atoms with E-state index in [1.807, 2.05) is 36.4 Å². The number of carbonyl (C=O) groups is 1. The zero-order chi connectivity index (χ0) is 17.5. The minimum atomic E-state index is -0.206. The van der Waals surface area contributed by atoms with E-state index in [-0.39, 0.29) is 12.5 Å². The Morgan fingerprint density at radius 3 is 2.84 bits per heavy atom. The first-order valence-electron chi connectivity index (χ1n) is 8.55. The van der Waals surface area contributed by atoms with Crippen molar-refractivity contribution < 1.29 is 14.3 Å². The number of hydrogen-bond donors (Lipinski definition) is 1. The van der Waals surface area contributed by atoms with E-state index in [1.165, 1.54) is 5.56 Å². The Hall–Kier alpha value is -2.60. The van der Waals surface area contributed by atoms with Gasteiger partial charge in [-0.25, -0.2) is 4.98 Å². The number of aryl methyl sites for hydroxylation is 1. The van der Waals surface area contributed by atoms with Crippen LogP contribution >= 0.6 is 0 Å². The fraction of sp³-hybridized carbons (Fsp3) is 0.368. The van der Waals surface area contributed by atoms with Gasteiger partial charge in [0, 0.05) is 13.1 Å². The molecule has 3 rings (SSSR count). The molecule has 0 aliphatic carbocycles. The zero-order valence-corrected chi connectivity index (χ0v) is 14.4. The SMILES string of the molecule is CCc1cccc(OCC(=O)Nc2ccc(N3CCOCC3)nc2)c1. The summed E-state index contributed by atoms with van der Waals surface area (Å²) in [4.78, 5) is 18.6. The second-order valence-electron chi connectivity index (χ2n) is 5.84. The number of nitrogens with zero attached hydrogens (tertiary/aromatic N) is 2. The maximum absolute atomic E-state index is 12.0. The van der Waals surface area contributed by atoms with Crippen LogP contribution in [-0.2, 0) is 16.0 Å². The van der Waals surface area contributed by atoms with Crippen LogP contribution in [0.25, 0.3) is 0 Å². The van der Waals surface area contributed by atoms with E-state index in [2.05, 4.69) is 22.1 Å². The summed E-state index contributed by atoms with van der Waals surface area (Å²) < 4.78 is 10.9. The number of aromatic nitrogens is 1. The molecule has 1 aromatic carbocycles. The van der Waals surface area contributed by atoms with Crippen molar-refractivity contribution >= 4 is 17.4 Å². The maximum atomic E-state index is 12.0. The molecule has 132 valence electrons. The maximum Gasteiger partial charge on any atom is 0.262 e. The van der Waals surface area contributed by atoms with Crippen molar-refractivity contribution in [2.45, 2.75) is 13.3 Å². The highest BCUT2D eigenvalue weighted by molar-refractivity contribution is 5.91. The van der Waals surface area contributed by atoms with Crippen LogP contribution in [0.15, 0.2) is 42.6 Å². The molecular weight excluding hydrogens is 318 g/mol. The third-order valence-electron chi connectivity index (χ3n) is 4.04. The average molecular weight is 341 g/mol. The predicted octanol–water partition coefficient (Wildman–Crippen LogP) is 2.50. The van der Waals surface area contributed by atoms with E-state index in [9.17, 15) is 4.79 Å². The Labute approximate surface area is 147 Å². The van der Waals surface area contributed by atoms with Gasteiger partial charge in [-0.3, -0.25) is 4.79 Å². The van der Waals surface area contributed by atoms with Crippen molar-refractivity contribution in [1.82, 2.24) is 4.98 Å². The Kier molecular flexibility index (Phi) is 5.85. The highest BCUT2D eigenvalue weighted by Crippen LogP contribution is 2.16. The molecule has 1 fully saturated rings. The molecule has 25 heavy (non-hydrogen) atoms. The van der Waals surface area contributed by atoms with Gasteiger partial charge < -0.3 is 19.7 Å². The molecule has 1 saturated heterocycles. The third kappa shape index (κ3) is 4.93. The number of pyridine rings is 1. The number of carbonyl (C=O) groups excluding carboxylic acids is 1. The van der Waals surface area contributed by atoms with Crippen molar-refractivity contribution in [3.8, 4) is 5.75 Å². The van der Waals surface area contributed by atoms with E-state index in [0.29, 0.717) is 11.4 Å². The summed E-state index contributed by atoms with van der Waals surface area (Å²) in [6, 6.07) is 11.5. The summed E-state index contributed by atoms with van der Waals surface area (Å²) in [6.07, 6.45) is 2.60. The highest BCUT2D eigenvalue weighted by Gasteiger charge is 2.12. The highest BCUT2D eigenvalue weighted by atomic mass is 16.5. The van der Waals surface area contributed by atoms with Crippen LogP contribution < -0.4 is 15.0 Å². The summed E-state index contributed by atoms with van der Waals surface area (Å²) in [5.41, 5.74) is 1.84. The Bertz CT molecular complexity index is 697. The summed E-state index contributed by atoms with van der Waals surface area (Å²) >= 11 is 0. The molecule has 2 heterocycles. The molecule has 1 amide bonds. The first-order valence-corrected chi connectivity index (χ1v) is 8.55. The second-order valence-corrected chi connectivity index (χ2v) is 5.84. The molecule has 1 N–H and O–H groups in total. The number of anilines is 2. The van der Waals surface area contributed by atoms with E-state index in [4.69, 9.17) is 9.47 Å². The lowest BCUT2D eigenvalue weighted by Gasteiger charge is -2.27. The van der Waals surface area contributed by atoms with Crippen LogP contribution in [0.2, 0.25) is 0 Å². The molecule has 0 radical (unpaired) electrons. The third-order valence-corrected chi connectivity index (χ3v) is 4.04. The quantitative estimate of drug-likeness (QED) is 0.875. The molecular formula is C19H23N3O3. The molecule has 1 aliphatic heterocycles. The number of benzene rings is 1. The molecule has 0 unspecified atom stereocenters. The largest absolute Gasteiger partial charge is 0.484 e. The minimum Gasteiger partial charge on any atom is -0.484 e. The van der Waals surface area contributed by atoms with E-state index >= 15 is 0 Å². The van der Waals surface area contributed by atoms with Gasteiger partial charge in [0.05, 0.1) is 25.1 Å². The Morgan fingerprint density at radius 2 is 2.12 bits per heavy atom. The van der Waals surface area contributed by atoms with Crippen LogP contribution in [-0.4, -0.2) is 43.8 Å². The second kappa shape index (κ2) is 8.48. The van der Waals surface area contributed by atoms with Gasteiger partial charge in [0.15, 0.2) is 6.61 Å². The molecule has 0 saturated carbocycles. The summed E-state index contributed by atoms with van der Waals surface area (Å²) in [7, 11) is 0. The number of nitrogens with one attached hydrogen (secondary N) is 1.